The molecule has 0 aromatic carbocycles. The molecule has 0 spiro atoms. The monoisotopic (exact) mass is 120 g/mol. The Kier molecular flexibility index (Phi) is 3.34. The Labute approximate surface area is 36.1 Å². The van der Waals surface area contributed by atoms with Crippen molar-refractivity contribution in [3.63, 3.8) is 0 Å². The van der Waals surface area contributed by atoms with Crippen LogP contribution < -0.4 is 0 Å². The van der Waals surface area contributed by atoms with Crippen molar-refractivity contribution in [1.82, 2.24) is 0 Å². The number of hydrogen-bond acceptors (Lipinski definition) is 0. The largest absolute Gasteiger partial charge is 0.125 e. The third-order valence-electron chi connectivity index (χ3n) is 0. The Morgan fingerprint density at radius 2 is 1.50 bits per heavy atom. The second-order valence-electron chi connectivity index (χ2n) is 0.370. The van der Waals surface area contributed by atoms with Crippen LogP contribution in [0.1, 0.15) is 0 Å². The van der Waals surface area contributed by atoms with Gasteiger partial charge in [-0.2, -0.15) is 0 Å². The Morgan fingerprint density at radius 1 is 1.50 bits per heavy atom. The van der Waals surface area contributed by atoms with E-state index in [0.29, 0.717) is 0 Å². The van der Waals surface area contributed by atoms with Crippen molar-refractivity contribution in [1.29, 1.82) is 0 Å². The van der Waals surface area contributed by atoms with E-state index in [1.165, 1.54) is 0 Å². The van der Waals surface area contributed by atoms with Gasteiger partial charge in [0.1, 0.15) is 0 Å². The summed E-state index contributed by atoms with van der Waals surface area (Å²) in [6.07, 6.45) is 0. The van der Waals surface area contributed by atoms with E-state index in [1.54, 1.807) is 0 Å². The summed E-state index contributed by atoms with van der Waals surface area (Å²) in [6, 6.07) is 0. The van der Waals surface area contributed by atoms with E-state index < -0.39 is 0 Å². The van der Waals surface area contributed by atoms with Crippen molar-refractivity contribution in [3.05, 3.63) is 0 Å². The molecule has 0 bridgehead atoms. The zero-order valence-corrected chi connectivity index (χ0v) is 6.07. The first-order valence-corrected chi connectivity index (χ1v) is 6.35. The zero-order valence-electron chi connectivity index (χ0n) is 2.02. The molecule has 0 aromatic rings. The quantitative estimate of drug-likeness (QED) is 0.321. The molecule has 0 aliphatic heterocycles. The molecule has 0 aliphatic carbocycles. The average Bonchev–Trinajstić information content (AvgIpc) is 0.811. The molecule has 4 heavy (non-hydrogen) atoms. The minimum Gasteiger partial charge on any atom is -0.125 e. The second-order valence-corrected chi connectivity index (χ2v) is 9.99. The van der Waals surface area contributed by atoms with E-state index in [4.69, 9.17) is 0 Å². The predicted octanol–water partition coefficient (Wildman–Crippen LogP) is 0.425. The van der Waals surface area contributed by atoms with Crippen molar-refractivity contribution in [2.24, 2.45) is 0 Å². The molecule has 4 heteroatoms. The van der Waals surface area contributed by atoms with Gasteiger partial charge in [-0.3, -0.25) is 0 Å². The molecule has 0 aliphatic rings. The Balaban J connectivity index is 2.32. The smallest absolute Gasteiger partial charge is 0.0644 e. The van der Waals surface area contributed by atoms with Gasteiger partial charge in [0.25, 0.3) is 0 Å². The van der Waals surface area contributed by atoms with Gasteiger partial charge in [-0.15, -0.1) is 15.6 Å². The van der Waals surface area contributed by atoms with E-state index in [2.05, 4.69) is 28.7 Å². The fourth-order valence-corrected chi connectivity index (χ4v) is 0. The van der Waals surface area contributed by atoms with E-state index in [-0.39, 0.29) is 6.71 Å². The van der Waals surface area contributed by atoms with Crippen LogP contribution in [-0.2, 0) is 0 Å². The molecule has 0 saturated heterocycles. The molecule has 1 unspecified atom stereocenters. The molecule has 0 fully saturated rings. The molecule has 20 valence electrons. The summed E-state index contributed by atoms with van der Waals surface area (Å²) in [7, 11) is 9.06. The molecule has 0 saturated carbocycles. The third kappa shape index (κ3) is 10.4. The zero-order chi connectivity index (χ0) is 3.58. The lowest BCUT2D eigenvalue weighted by atomic mass is 27.5. The number of rotatable bonds is 0. The Morgan fingerprint density at radius 3 is 1.50 bits per heavy atom. The summed E-state index contributed by atoms with van der Waals surface area (Å²) in [6.45, 7) is -0.0926. The molecule has 0 rings (SSSR count). The van der Waals surface area contributed by atoms with Gasteiger partial charge in [-0.05, 0) is 0 Å². The summed E-state index contributed by atoms with van der Waals surface area (Å²) in [4.78, 5) is 0. The minimum absolute atomic E-state index is 0.0926. The van der Waals surface area contributed by atoms with Gasteiger partial charge in [0, 0.05) is 0 Å². The fraction of sp³-hybridized carbons (Fsp3) is 0. The fourth-order valence-electron chi connectivity index (χ4n) is 0. The molecule has 0 nitrogen and oxygen atoms in total. The van der Waals surface area contributed by atoms with Crippen LogP contribution in [0.5, 0.6) is 0 Å². The predicted molar refractivity (Wildman–Crippen MR) is 28.1 cm³/mol. The molecule has 1 atom stereocenters. The minimum atomic E-state index is -0.0926. The SMILES string of the molecule is [Si]P([Si])P. The lowest BCUT2D eigenvalue weighted by Gasteiger charge is -1.80. The van der Waals surface area contributed by atoms with Gasteiger partial charge in [0.15, 0.2) is 0 Å². The van der Waals surface area contributed by atoms with Crippen LogP contribution in [0.15, 0.2) is 0 Å². The topological polar surface area (TPSA) is 0 Å². The van der Waals surface area contributed by atoms with Crippen molar-refractivity contribution >= 4 is 35.5 Å². The van der Waals surface area contributed by atoms with E-state index >= 15 is 0 Å². The van der Waals surface area contributed by atoms with Gasteiger partial charge < -0.3 is 0 Å². The standard InChI is InChI=1S/H2P2Si2/c1-2(3)4/h1H2. The normalized spacial score (nSPS) is 9.00. The summed E-state index contributed by atoms with van der Waals surface area (Å²) in [5, 5.41) is 0. The van der Waals surface area contributed by atoms with Crippen LogP contribution in [0.4, 0.5) is 0 Å². The summed E-state index contributed by atoms with van der Waals surface area (Å²) in [5.41, 5.74) is 0. The van der Waals surface area contributed by atoms with E-state index in [9.17, 15) is 0 Å². The van der Waals surface area contributed by atoms with Crippen LogP contribution in [0, 0.1) is 0 Å². The van der Waals surface area contributed by atoms with Gasteiger partial charge >= 0.3 is 0 Å². The summed E-state index contributed by atoms with van der Waals surface area (Å²) in [5.74, 6) is 0. The highest BCUT2D eigenvalue weighted by Gasteiger charge is 1.68. The van der Waals surface area contributed by atoms with Crippen LogP contribution in [0.2, 0.25) is 0 Å². The molecular weight excluding hydrogens is 118 g/mol. The summed E-state index contributed by atoms with van der Waals surface area (Å²) >= 11 is 0. The van der Waals surface area contributed by atoms with Crippen LogP contribution >= 0.6 is 15.6 Å². The van der Waals surface area contributed by atoms with Crippen molar-refractivity contribution in [2.45, 2.75) is 0 Å². The maximum Gasteiger partial charge on any atom is 0.0644 e. The van der Waals surface area contributed by atoms with Gasteiger partial charge in [-0.25, -0.2) is 0 Å². The maximum absolute atomic E-state index is 3.25. The van der Waals surface area contributed by atoms with Crippen molar-refractivity contribution in [2.75, 3.05) is 0 Å². The highest BCUT2D eigenvalue weighted by Crippen LogP contribution is 2.30. The second kappa shape index (κ2) is 2.53. The Bertz CT molecular complexity index is 8.75. The van der Waals surface area contributed by atoms with E-state index in [0.717, 1.165) is 0 Å². The first kappa shape index (κ1) is 5.29. The molecule has 0 aromatic heterocycles. The first-order valence-electron chi connectivity index (χ1n) is 0.705. The van der Waals surface area contributed by atoms with Gasteiger partial charge in [0.05, 0.1) is 19.8 Å². The third-order valence-corrected chi connectivity index (χ3v) is 0. The molecular formula is H2P2Si2. The van der Waals surface area contributed by atoms with Crippen LogP contribution in [0.25, 0.3) is 0 Å². The molecule has 6 radical (unpaired) electrons. The summed E-state index contributed by atoms with van der Waals surface area (Å²) < 4.78 is 0. The highest BCUT2D eigenvalue weighted by molar-refractivity contribution is 8.37. The first-order chi connectivity index (χ1) is 1.73. The highest BCUT2D eigenvalue weighted by atomic mass is 32.2. The maximum atomic E-state index is 3.25. The van der Waals surface area contributed by atoms with Crippen LogP contribution in [0.3, 0.4) is 0 Å². The van der Waals surface area contributed by atoms with Gasteiger partial charge in [0.2, 0.25) is 0 Å². The molecule has 0 amide bonds. The number of hydrogen-bond donors (Lipinski definition) is 0. The average molecular weight is 120 g/mol. The Hall–Kier alpha value is 1.29. The lowest BCUT2D eigenvalue weighted by Crippen LogP contribution is -1.45. The lowest BCUT2D eigenvalue weighted by molar-refractivity contribution is 4.66. The van der Waals surface area contributed by atoms with Crippen LogP contribution in [-0.4, -0.2) is 19.8 Å². The van der Waals surface area contributed by atoms with Crippen molar-refractivity contribution < 1.29 is 0 Å². The molecule has 0 N–H and O–H groups in total. The van der Waals surface area contributed by atoms with Crippen molar-refractivity contribution in [3.8, 4) is 0 Å². The van der Waals surface area contributed by atoms with E-state index in [1.807, 2.05) is 0 Å². The van der Waals surface area contributed by atoms with Gasteiger partial charge in [-0.1, -0.05) is 0 Å². The molecule has 0 heterocycles.